The number of ether oxygens (including phenoxy) is 1. The minimum absolute atomic E-state index is 0.0584. The van der Waals surface area contributed by atoms with Crippen molar-refractivity contribution in [2.75, 3.05) is 26.7 Å². The number of hydrogen-bond donors (Lipinski definition) is 1. The van der Waals surface area contributed by atoms with Crippen molar-refractivity contribution in [2.45, 2.75) is 81.6 Å². The number of amides is 1. The molecule has 0 radical (unpaired) electrons. The second-order valence-corrected chi connectivity index (χ2v) is 11.8. The van der Waals surface area contributed by atoms with Crippen LogP contribution in [-0.4, -0.2) is 43.6 Å². The minimum Gasteiger partial charge on any atom is -0.448 e. The SMILES string of the molecule is COc1[nH+]ccc2c1CCC[C@]21C[NH2+]C[C@H]1C(=O)N1CC[C@@H](c2ccccc2)C[C@H]1C1CCCCC1. The van der Waals surface area contributed by atoms with Crippen LogP contribution in [0.2, 0.25) is 0 Å². The summed E-state index contributed by atoms with van der Waals surface area (Å²) in [4.78, 5) is 20.3. The van der Waals surface area contributed by atoms with Gasteiger partial charge < -0.3 is 15.0 Å². The monoisotopic (exact) mass is 489 g/mol. The largest absolute Gasteiger partial charge is 0.448 e. The third-order valence-corrected chi connectivity index (χ3v) is 10.1. The molecule has 1 saturated carbocycles. The highest BCUT2D eigenvalue weighted by atomic mass is 16.5. The van der Waals surface area contributed by atoms with Crippen molar-refractivity contribution in [1.82, 2.24) is 4.90 Å². The Balaban J connectivity index is 1.31. The van der Waals surface area contributed by atoms with Crippen LogP contribution >= 0.6 is 0 Å². The van der Waals surface area contributed by atoms with Gasteiger partial charge in [0.1, 0.15) is 5.92 Å². The first kappa shape index (κ1) is 24.0. The van der Waals surface area contributed by atoms with E-state index in [0.717, 1.165) is 57.6 Å². The maximum Gasteiger partial charge on any atom is 0.369 e. The zero-order valence-corrected chi connectivity index (χ0v) is 21.9. The topological polar surface area (TPSA) is 60.3 Å². The van der Waals surface area contributed by atoms with Crippen molar-refractivity contribution in [3.05, 3.63) is 59.3 Å². The van der Waals surface area contributed by atoms with Crippen LogP contribution in [0, 0.1) is 11.8 Å². The molecule has 6 rings (SSSR count). The predicted octanol–water partition coefficient (Wildman–Crippen LogP) is 3.63. The lowest BCUT2D eigenvalue weighted by Gasteiger charge is -2.47. The van der Waals surface area contributed by atoms with Crippen LogP contribution in [0.3, 0.4) is 0 Å². The number of nitrogens with two attached hydrogens (primary N) is 1. The molecular formula is C31H43N3O2+2. The number of carbonyl (C=O) groups excluding carboxylic acids is 1. The number of carbonyl (C=O) groups is 1. The molecule has 3 N–H and O–H groups in total. The molecule has 1 aromatic carbocycles. The number of pyridine rings is 1. The van der Waals surface area contributed by atoms with Gasteiger partial charge >= 0.3 is 5.88 Å². The molecule has 2 aliphatic heterocycles. The van der Waals surface area contributed by atoms with Gasteiger partial charge in [0.25, 0.3) is 0 Å². The molecule has 0 bridgehead atoms. The normalized spacial score (nSPS) is 30.8. The van der Waals surface area contributed by atoms with E-state index < -0.39 is 0 Å². The van der Waals surface area contributed by atoms with E-state index in [9.17, 15) is 4.79 Å². The lowest BCUT2D eigenvalue weighted by molar-refractivity contribution is -0.640. The molecule has 2 saturated heterocycles. The molecule has 2 aliphatic carbocycles. The summed E-state index contributed by atoms with van der Waals surface area (Å²) in [5.74, 6) is 2.60. The summed E-state index contributed by atoms with van der Waals surface area (Å²) >= 11 is 0. The molecule has 0 unspecified atom stereocenters. The number of quaternary nitrogens is 1. The van der Waals surface area contributed by atoms with Crippen molar-refractivity contribution in [3.8, 4) is 5.88 Å². The number of hydrogen-bond acceptors (Lipinski definition) is 2. The highest BCUT2D eigenvalue weighted by Crippen LogP contribution is 2.47. The first-order valence-corrected chi connectivity index (χ1v) is 14.5. The predicted molar refractivity (Wildman–Crippen MR) is 140 cm³/mol. The summed E-state index contributed by atoms with van der Waals surface area (Å²) in [5, 5.41) is 2.41. The maximum atomic E-state index is 14.6. The third-order valence-electron chi connectivity index (χ3n) is 10.1. The summed E-state index contributed by atoms with van der Waals surface area (Å²) in [6, 6.07) is 13.7. The Bertz CT molecular complexity index is 1070. The maximum absolute atomic E-state index is 14.6. The van der Waals surface area contributed by atoms with Crippen molar-refractivity contribution in [1.29, 1.82) is 0 Å². The van der Waals surface area contributed by atoms with Gasteiger partial charge in [-0.1, -0.05) is 49.6 Å². The molecule has 192 valence electrons. The Morgan fingerprint density at radius 3 is 2.72 bits per heavy atom. The molecule has 36 heavy (non-hydrogen) atoms. The van der Waals surface area contributed by atoms with E-state index in [0.29, 0.717) is 23.8 Å². The summed E-state index contributed by atoms with van der Waals surface area (Å²) in [7, 11) is 1.75. The Labute approximate surface area is 216 Å². The number of methoxy groups -OCH3 is 1. The Morgan fingerprint density at radius 2 is 1.92 bits per heavy atom. The molecule has 4 atom stereocenters. The van der Waals surface area contributed by atoms with E-state index in [-0.39, 0.29) is 11.3 Å². The lowest BCUT2D eigenvalue weighted by atomic mass is 9.64. The average molecular weight is 490 g/mol. The van der Waals surface area contributed by atoms with Crippen LogP contribution in [0.5, 0.6) is 5.88 Å². The number of nitrogens with zero attached hydrogens (tertiary/aromatic N) is 1. The number of likely N-dealkylation sites (tertiary alicyclic amines) is 1. The van der Waals surface area contributed by atoms with E-state index in [1.54, 1.807) is 7.11 Å². The van der Waals surface area contributed by atoms with E-state index >= 15 is 0 Å². The zero-order valence-electron chi connectivity index (χ0n) is 21.9. The molecule has 5 heteroatoms. The molecule has 5 nitrogen and oxygen atoms in total. The molecule has 1 spiro atoms. The quantitative estimate of drug-likeness (QED) is 0.713. The number of nitrogens with one attached hydrogen (secondary N) is 1. The number of aromatic amines is 1. The van der Waals surface area contributed by atoms with E-state index in [1.807, 2.05) is 6.20 Å². The van der Waals surface area contributed by atoms with Crippen molar-refractivity contribution < 1.29 is 19.8 Å². The van der Waals surface area contributed by atoms with Crippen molar-refractivity contribution in [2.24, 2.45) is 11.8 Å². The summed E-state index contributed by atoms with van der Waals surface area (Å²) in [6.07, 6.45) is 14.1. The number of aromatic nitrogens is 1. The number of rotatable bonds is 4. The molecule has 3 fully saturated rings. The van der Waals surface area contributed by atoms with Gasteiger partial charge in [0, 0.05) is 18.7 Å². The van der Waals surface area contributed by atoms with Crippen molar-refractivity contribution >= 4 is 5.91 Å². The first-order chi connectivity index (χ1) is 17.7. The fraction of sp³-hybridized carbons (Fsp3) is 0.613. The molecule has 3 heterocycles. The molecule has 1 aromatic heterocycles. The average Bonchev–Trinajstić information content (AvgIpc) is 3.37. The van der Waals surface area contributed by atoms with Crippen LogP contribution in [0.1, 0.15) is 80.4 Å². The second kappa shape index (κ2) is 10.2. The molecule has 4 aliphatic rings. The Hall–Kier alpha value is -2.40. The highest BCUT2D eigenvalue weighted by Gasteiger charge is 2.56. The van der Waals surface area contributed by atoms with Gasteiger partial charge in [-0.3, -0.25) is 4.79 Å². The third kappa shape index (κ3) is 4.13. The Morgan fingerprint density at radius 1 is 1.08 bits per heavy atom. The Kier molecular flexibility index (Phi) is 6.76. The number of H-pyrrole nitrogens is 1. The number of fused-ring (bicyclic) bond motifs is 2. The van der Waals surface area contributed by atoms with Crippen LogP contribution in [0.4, 0.5) is 0 Å². The van der Waals surface area contributed by atoms with Gasteiger partial charge in [0.15, 0.2) is 6.20 Å². The molecule has 2 aromatic rings. The van der Waals surface area contributed by atoms with Gasteiger partial charge in [0.05, 0.1) is 31.2 Å². The minimum atomic E-state index is -0.0690. The number of piperidine rings is 1. The van der Waals surface area contributed by atoms with Gasteiger partial charge in [-0.2, -0.15) is 4.98 Å². The highest BCUT2D eigenvalue weighted by molar-refractivity contribution is 5.82. The van der Waals surface area contributed by atoms with Crippen LogP contribution in [0.15, 0.2) is 42.6 Å². The zero-order chi connectivity index (χ0) is 24.5. The van der Waals surface area contributed by atoms with Gasteiger partial charge in [-0.05, 0) is 67.9 Å². The standard InChI is InChI=1S/C31H41N3O2/c1-36-29-25-13-8-16-31(26(25)14-17-33-29)21-32-20-27(31)30(35)34-18-15-24(22-9-4-2-5-10-22)19-28(34)23-11-6-3-7-12-23/h2,4-5,9-10,14,17,23-24,27-28,32H,3,6-8,11-13,15-16,18-21H2,1H3/p+2/t24-,27+,28+,31+/m1/s1. The molecular weight excluding hydrogens is 446 g/mol. The fourth-order valence-electron chi connectivity index (χ4n) is 8.37. The van der Waals surface area contributed by atoms with E-state index in [4.69, 9.17) is 4.74 Å². The second-order valence-electron chi connectivity index (χ2n) is 11.8. The lowest BCUT2D eigenvalue weighted by Crippen LogP contribution is -2.82. The van der Waals surface area contributed by atoms with Crippen molar-refractivity contribution in [3.63, 3.8) is 0 Å². The fourth-order valence-corrected chi connectivity index (χ4v) is 8.37. The van der Waals surface area contributed by atoms with E-state index in [2.05, 4.69) is 51.6 Å². The van der Waals surface area contributed by atoms with Gasteiger partial charge in [0.2, 0.25) is 5.91 Å². The number of benzene rings is 1. The van der Waals surface area contributed by atoms with E-state index in [1.165, 1.54) is 48.8 Å². The summed E-state index contributed by atoms with van der Waals surface area (Å²) in [6.45, 7) is 2.83. The van der Waals surface area contributed by atoms with Gasteiger partial charge in [-0.15, -0.1) is 0 Å². The van der Waals surface area contributed by atoms with Gasteiger partial charge in [-0.25, -0.2) is 0 Å². The smallest absolute Gasteiger partial charge is 0.369 e. The first-order valence-electron chi connectivity index (χ1n) is 14.5. The van der Waals surface area contributed by atoms with Crippen LogP contribution < -0.4 is 15.0 Å². The summed E-state index contributed by atoms with van der Waals surface area (Å²) < 4.78 is 5.72. The van der Waals surface area contributed by atoms with Crippen LogP contribution in [-0.2, 0) is 16.6 Å². The molecule has 1 amide bonds. The summed E-state index contributed by atoms with van der Waals surface area (Å²) in [5.41, 5.74) is 4.05. The van der Waals surface area contributed by atoms with Crippen LogP contribution in [0.25, 0.3) is 0 Å².